The van der Waals surface area contributed by atoms with E-state index >= 15 is 0 Å². The number of nitrogens with one attached hydrogen (secondary N) is 1. The Morgan fingerprint density at radius 3 is 2.16 bits per heavy atom. The van der Waals surface area contributed by atoms with Crippen LogP contribution in [-0.2, 0) is 24.8 Å². The summed E-state index contributed by atoms with van der Waals surface area (Å²) in [5, 5.41) is 20.8. The molecule has 1 unspecified atom stereocenters. The van der Waals surface area contributed by atoms with Crippen LogP contribution in [0.3, 0.4) is 0 Å². The number of phenolic OH excluding ortho intramolecular Hbond substituents is 1. The number of phenols is 1. The van der Waals surface area contributed by atoms with Crippen molar-refractivity contribution in [3.05, 3.63) is 60.7 Å². The van der Waals surface area contributed by atoms with Crippen LogP contribution in [0.25, 0.3) is 10.8 Å². The van der Waals surface area contributed by atoms with Crippen molar-refractivity contribution in [1.82, 2.24) is 0 Å². The SMILES string of the molecule is Nc1ccc(S(=O)(=O)O)c2cc(S(=O)(=O)O)c(N=Nc3ccc4c(c3)P(=O)(O)c3ccccc3N4)c(O)c12. The fourth-order valence-corrected chi connectivity index (χ4v) is 7.24. The highest BCUT2D eigenvalue weighted by atomic mass is 32.2. The van der Waals surface area contributed by atoms with Crippen molar-refractivity contribution >= 4 is 77.4 Å². The third-order valence-corrected chi connectivity index (χ3v) is 9.68. The number of benzene rings is 4. The van der Waals surface area contributed by atoms with Gasteiger partial charge in [-0.1, -0.05) is 12.1 Å². The highest BCUT2D eigenvalue weighted by molar-refractivity contribution is 7.86. The highest BCUT2D eigenvalue weighted by Crippen LogP contribution is 2.48. The third-order valence-electron chi connectivity index (χ3n) is 5.84. The monoisotopic (exact) mass is 576 g/mol. The van der Waals surface area contributed by atoms with Gasteiger partial charge in [-0.3, -0.25) is 13.7 Å². The molecule has 7 N–H and O–H groups in total. The van der Waals surface area contributed by atoms with E-state index in [1.54, 1.807) is 18.2 Å². The molecule has 13 nitrogen and oxygen atoms in total. The molecule has 16 heteroatoms. The van der Waals surface area contributed by atoms with Crippen molar-refractivity contribution < 1.29 is 40.5 Å². The Hall–Kier alpha value is -3.85. The van der Waals surface area contributed by atoms with Crippen LogP contribution in [0.15, 0.2) is 80.7 Å². The van der Waals surface area contributed by atoms with Gasteiger partial charge in [0.15, 0.2) is 5.75 Å². The summed E-state index contributed by atoms with van der Waals surface area (Å²) in [6.07, 6.45) is 0. The lowest BCUT2D eigenvalue weighted by Crippen LogP contribution is -2.26. The molecule has 0 radical (unpaired) electrons. The number of nitrogen functional groups attached to an aromatic ring is 1. The fraction of sp³-hybridized carbons (Fsp3) is 0. The van der Waals surface area contributed by atoms with Crippen LogP contribution in [-0.4, -0.2) is 35.9 Å². The molecule has 0 saturated carbocycles. The van der Waals surface area contributed by atoms with Gasteiger partial charge in [-0.25, -0.2) is 0 Å². The fourth-order valence-electron chi connectivity index (χ4n) is 4.14. The van der Waals surface area contributed by atoms with Crippen molar-refractivity contribution in [3.8, 4) is 5.75 Å². The lowest BCUT2D eigenvalue weighted by Gasteiger charge is -2.25. The number of hydrogen-bond donors (Lipinski definition) is 6. The quantitative estimate of drug-likeness (QED) is 0.0893. The van der Waals surface area contributed by atoms with E-state index in [1.807, 2.05) is 0 Å². The number of fused-ring (bicyclic) bond motifs is 3. The summed E-state index contributed by atoms with van der Waals surface area (Å²) in [6, 6.07) is 13.2. The predicted octanol–water partition coefficient (Wildman–Crippen LogP) is 3.31. The maximum absolute atomic E-state index is 13.2. The average Bonchev–Trinajstić information content (AvgIpc) is 2.82. The van der Waals surface area contributed by atoms with Crippen LogP contribution in [0.4, 0.5) is 28.4 Å². The molecule has 5 rings (SSSR count). The summed E-state index contributed by atoms with van der Waals surface area (Å²) in [5.41, 5.74) is 5.67. The zero-order chi connectivity index (χ0) is 27.6. The van der Waals surface area contributed by atoms with Crippen LogP contribution >= 0.6 is 7.37 Å². The molecule has 0 aliphatic carbocycles. The normalized spacial score (nSPS) is 17.2. The van der Waals surface area contributed by atoms with Crippen molar-refractivity contribution in [3.63, 3.8) is 0 Å². The van der Waals surface area contributed by atoms with Gasteiger partial charge in [0.05, 0.1) is 33.1 Å². The number of aromatic hydroxyl groups is 1. The van der Waals surface area contributed by atoms with E-state index in [0.29, 0.717) is 17.4 Å². The smallest absolute Gasteiger partial charge is 0.296 e. The molecule has 1 heterocycles. The molecule has 38 heavy (non-hydrogen) atoms. The molecule has 0 saturated heterocycles. The molecule has 1 aliphatic heterocycles. The number of rotatable bonds is 4. The van der Waals surface area contributed by atoms with Crippen LogP contribution in [0, 0.1) is 0 Å². The summed E-state index contributed by atoms with van der Waals surface area (Å²) in [7, 11) is -14.0. The van der Waals surface area contributed by atoms with Crippen LogP contribution in [0.5, 0.6) is 5.75 Å². The molecule has 0 spiro atoms. The number of nitrogens with two attached hydrogens (primary N) is 1. The summed E-state index contributed by atoms with van der Waals surface area (Å²) in [4.78, 5) is 9.03. The summed E-state index contributed by atoms with van der Waals surface area (Å²) in [5.74, 6) is -0.941. The van der Waals surface area contributed by atoms with Gasteiger partial charge in [0.1, 0.15) is 15.5 Å². The van der Waals surface area contributed by atoms with Crippen molar-refractivity contribution in [2.45, 2.75) is 9.79 Å². The standard InChI is InChI=1S/C22H17N4O9PS2/c23-13-6-8-18(37(30,31)32)12-10-19(38(33,34)35)21(22(27)20(12)13)26-25-11-5-7-15-17(9-11)36(28,29)16-4-2-1-3-14(16)24-15/h1-10,24,27H,23H2,(H,28,29)(H,30,31,32)(H,33,34,35). The number of nitrogens with zero attached hydrogens (tertiary/aromatic N) is 2. The van der Waals surface area contributed by atoms with E-state index in [2.05, 4.69) is 15.5 Å². The maximum Gasteiger partial charge on any atom is 0.296 e. The minimum Gasteiger partial charge on any atom is -0.505 e. The lowest BCUT2D eigenvalue weighted by molar-refractivity contribution is 0.471. The van der Waals surface area contributed by atoms with Crippen molar-refractivity contribution in [1.29, 1.82) is 0 Å². The lowest BCUT2D eigenvalue weighted by atomic mass is 10.1. The Balaban J connectivity index is 1.69. The van der Waals surface area contributed by atoms with Gasteiger partial charge in [0.2, 0.25) is 0 Å². The summed E-state index contributed by atoms with van der Waals surface area (Å²) >= 11 is 0. The van der Waals surface area contributed by atoms with E-state index < -0.39 is 54.2 Å². The van der Waals surface area contributed by atoms with Gasteiger partial charge in [0, 0.05) is 11.1 Å². The second-order valence-electron chi connectivity index (χ2n) is 8.22. The molecule has 196 valence electrons. The minimum absolute atomic E-state index is 0.00688. The Labute approximate surface area is 215 Å². The Bertz CT molecular complexity index is 1980. The molecule has 0 aromatic heterocycles. The minimum atomic E-state index is -5.12. The van der Waals surface area contributed by atoms with Gasteiger partial charge in [-0.15, -0.1) is 5.11 Å². The largest absolute Gasteiger partial charge is 0.505 e. The predicted molar refractivity (Wildman–Crippen MR) is 139 cm³/mol. The van der Waals surface area contributed by atoms with Crippen LogP contribution in [0.1, 0.15) is 0 Å². The Morgan fingerprint density at radius 2 is 1.47 bits per heavy atom. The third kappa shape index (κ3) is 4.20. The first-order valence-corrected chi connectivity index (χ1v) is 15.0. The second kappa shape index (κ2) is 8.59. The molecular formula is C22H17N4O9PS2. The molecule has 0 amide bonds. The van der Waals surface area contributed by atoms with E-state index in [9.17, 15) is 40.5 Å². The summed E-state index contributed by atoms with van der Waals surface area (Å²) in [6.45, 7) is 0. The summed E-state index contributed by atoms with van der Waals surface area (Å²) < 4.78 is 80.4. The molecular weight excluding hydrogens is 559 g/mol. The van der Waals surface area contributed by atoms with Crippen LogP contribution < -0.4 is 21.7 Å². The second-order valence-corrected chi connectivity index (χ2v) is 13.1. The topological polar surface area (TPSA) is 229 Å². The van der Waals surface area contributed by atoms with E-state index in [-0.39, 0.29) is 27.4 Å². The number of hydrogen-bond acceptors (Lipinski definition) is 10. The first kappa shape index (κ1) is 25.8. The maximum atomic E-state index is 13.2. The highest BCUT2D eigenvalue weighted by Gasteiger charge is 2.34. The van der Waals surface area contributed by atoms with Gasteiger partial charge in [0.25, 0.3) is 27.6 Å². The molecule has 1 aliphatic rings. The van der Waals surface area contributed by atoms with E-state index in [4.69, 9.17) is 5.73 Å². The van der Waals surface area contributed by atoms with E-state index in [1.165, 1.54) is 24.3 Å². The zero-order valence-corrected chi connectivity index (χ0v) is 21.4. The van der Waals surface area contributed by atoms with Gasteiger partial charge in [-0.2, -0.15) is 21.9 Å². The van der Waals surface area contributed by atoms with Crippen LogP contribution in [0.2, 0.25) is 0 Å². The van der Waals surface area contributed by atoms with E-state index in [0.717, 1.165) is 12.1 Å². The molecule has 0 fully saturated rings. The number of anilines is 3. The number of azo groups is 1. The molecule has 4 aromatic carbocycles. The molecule has 4 aromatic rings. The first-order valence-electron chi connectivity index (χ1n) is 10.5. The van der Waals surface area contributed by atoms with Gasteiger partial charge in [-0.05, 0) is 48.5 Å². The van der Waals surface area contributed by atoms with Crippen molar-refractivity contribution in [2.24, 2.45) is 10.2 Å². The first-order chi connectivity index (χ1) is 17.7. The Kier molecular flexibility index (Phi) is 5.83. The molecule has 0 bridgehead atoms. The van der Waals surface area contributed by atoms with Gasteiger partial charge >= 0.3 is 0 Å². The average molecular weight is 577 g/mol. The van der Waals surface area contributed by atoms with Crippen molar-refractivity contribution in [2.75, 3.05) is 11.1 Å². The molecule has 1 atom stereocenters. The zero-order valence-electron chi connectivity index (χ0n) is 18.8. The van der Waals surface area contributed by atoms with Gasteiger partial charge < -0.3 is 21.1 Å². The number of para-hydroxylation sites is 1. The Morgan fingerprint density at radius 1 is 0.816 bits per heavy atom.